The molecule has 1 aromatic heterocycles. The quantitative estimate of drug-likeness (QED) is 0.679. The van der Waals surface area contributed by atoms with Crippen LogP contribution in [0.1, 0.15) is 6.92 Å². The monoisotopic (exact) mass is 217 g/mol. The van der Waals surface area contributed by atoms with E-state index in [0.717, 1.165) is 5.00 Å². The third kappa shape index (κ3) is 2.49. The Morgan fingerprint density at radius 3 is 3.00 bits per heavy atom. The number of hydrogen-bond donors (Lipinski definition) is 3. The van der Waals surface area contributed by atoms with Crippen LogP contribution in [0, 0.1) is 5.92 Å². The van der Waals surface area contributed by atoms with Gasteiger partial charge in [-0.15, -0.1) is 0 Å². The standard InChI is InChI=1S/C8H15N3O2S/c1-5(4-12)3-10-8-6(13-2)7(9)11-14-8/h5,10,12H,3-4H2,1-2H3,(H2,9,11). The van der Waals surface area contributed by atoms with Crippen LogP contribution in [-0.4, -0.2) is 29.7 Å². The molecule has 0 radical (unpaired) electrons. The average Bonchev–Trinajstić information content (AvgIpc) is 2.55. The zero-order valence-corrected chi connectivity index (χ0v) is 9.10. The van der Waals surface area contributed by atoms with Crippen molar-refractivity contribution in [3.8, 4) is 5.75 Å². The summed E-state index contributed by atoms with van der Waals surface area (Å²) in [6.45, 7) is 2.78. The first kappa shape index (κ1) is 11.1. The lowest BCUT2D eigenvalue weighted by Crippen LogP contribution is -2.14. The minimum atomic E-state index is 0.156. The highest BCUT2D eigenvalue weighted by Gasteiger charge is 2.11. The Labute approximate surface area is 87.1 Å². The van der Waals surface area contributed by atoms with E-state index in [1.807, 2.05) is 6.92 Å². The van der Waals surface area contributed by atoms with E-state index in [-0.39, 0.29) is 12.5 Å². The molecule has 6 heteroatoms. The maximum absolute atomic E-state index is 8.84. The molecule has 0 aliphatic rings. The molecule has 0 saturated carbocycles. The van der Waals surface area contributed by atoms with Gasteiger partial charge < -0.3 is 20.9 Å². The summed E-state index contributed by atoms with van der Waals surface area (Å²) in [6.07, 6.45) is 0. The predicted octanol–water partition coefficient (Wildman–Crippen LogP) is 0.774. The number of aliphatic hydroxyl groups excluding tert-OH is 1. The van der Waals surface area contributed by atoms with Gasteiger partial charge in [0.1, 0.15) is 0 Å². The Kier molecular flexibility index (Phi) is 3.97. The van der Waals surface area contributed by atoms with E-state index in [4.69, 9.17) is 15.6 Å². The van der Waals surface area contributed by atoms with Crippen LogP contribution in [0.2, 0.25) is 0 Å². The van der Waals surface area contributed by atoms with Crippen molar-refractivity contribution in [2.45, 2.75) is 6.92 Å². The van der Waals surface area contributed by atoms with Crippen LogP contribution in [0.25, 0.3) is 0 Å². The SMILES string of the molecule is COc1c(N)nsc1NCC(C)CO. The molecule has 80 valence electrons. The summed E-state index contributed by atoms with van der Waals surface area (Å²) in [7, 11) is 1.56. The van der Waals surface area contributed by atoms with Crippen LogP contribution < -0.4 is 15.8 Å². The molecule has 4 N–H and O–H groups in total. The number of ether oxygens (including phenoxy) is 1. The molecule has 1 rings (SSSR count). The molecule has 5 nitrogen and oxygen atoms in total. The Balaban J connectivity index is 2.58. The van der Waals surface area contributed by atoms with Crippen molar-refractivity contribution in [2.75, 3.05) is 31.3 Å². The molecule has 0 fully saturated rings. The normalized spacial score (nSPS) is 12.5. The Hall–Kier alpha value is -1.01. The Bertz CT molecular complexity index is 290. The predicted molar refractivity (Wildman–Crippen MR) is 57.8 cm³/mol. The van der Waals surface area contributed by atoms with Crippen LogP contribution in [0.15, 0.2) is 0 Å². The van der Waals surface area contributed by atoms with E-state index < -0.39 is 0 Å². The molecule has 14 heavy (non-hydrogen) atoms. The molecule has 0 saturated heterocycles. The third-order valence-corrected chi connectivity index (χ3v) is 2.60. The highest BCUT2D eigenvalue weighted by atomic mass is 32.1. The van der Waals surface area contributed by atoms with Crippen LogP contribution in [-0.2, 0) is 0 Å². The number of nitrogens with one attached hydrogen (secondary N) is 1. The van der Waals surface area contributed by atoms with Gasteiger partial charge in [0.25, 0.3) is 0 Å². The molecule has 1 aromatic rings. The van der Waals surface area contributed by atoms with E-state index in [9.17, 15) is 0 Å². The number of anilines is 2. The summed E-state index contributed by atoms with van der Waals surface area (Å²) < 4.78 is 9.04. The molecule has 0 bridgehead atoms. The van der Waals surface area contributed by atoms with Gasteiger partial charge in [-0.1, -0.05) is 6.92 Å². The summed E-state index contributed by atoms with van der Waals surface area (Å²) in [5, 5.41) is 12.8. The van der Waals surface area contributed by atoms with Crippen molar-refractivity contribution in [3.05, 3.63) is 0 Å². The van der Waals surface area contributed by atoms with E-state index in [1.165, 1.54) is 11.5 Å². The number of rotatable bonds is 5. The number of aromatic nitrogens is 1. The minimum Gasteiger partial charge on any atom is -0.490 e. The lowest BCUT2D eigenvalue weighted by molar-refractivity contribution is 0.244. The molecule has 0 aromatic carbocycles. The lowest BCUT2D eigenvalue weighted by Gasteiger charge is -2.09. The summed E-state index contributed by atoms with van der Waals surface area (Å²) in [5.74, 6) is 1.18. The fourth-order valence-electron chi connectivity index (χ4n) is 0.935. The molecule has 0 aliphatic heterocycles. The number of nitrogens with zero attached hydrogens (tertiary/aromatic N) is 1. The molecular formula is C8H15N3O2S. The maximum atomic E-state index is 8.84. The summed E-state index contributed by atoms with van der Waals surface area (Å²) in [6, 6.07) is 0. The molecular weight excluding hydrogens is 202 g/mol. The topological polar surface area (TPSA) is 80.4 Å². The summed E-state index contributed by atoms with van der Waals surface area (Å²) in [5.41, 5.74) is 5.58. The third-order valence-electron chi connectivity index (χ3n) is 1.80. The van der Waals surface area contributed by atoms with Gasteiger partial charge in [0.05, 0.1) is 7.11 Å². The fraction of sp³-hybridized carbons (Fsp3) is 0.625. The van der Waals surface area contributed by atoms with Crippen molar-refractivity contribution >= 4 is 22.4 Å². The van der Waals surface area contributed by atoms with Crippen molar-refractivity contribution < 1.29 is 9.84 Å². The largest absolute Gasteiger partial charge is 0.490 e. The fourth-order valence-corrected chi connectivity index (χ4v) is 1.63. The number of nitrogens with two attached hydrogens (primary N) is 1. The number of nitrogen functional groups attached to an aromatic ring is 1. The van der Waals surface area contributed by atoms with Gasteiger partial charge >= 0.3 is 0 Å². The second-order valence-corrected chi connectivity index (χ2v) is 3.87. The second kappa shape index (κ2) is 5.02. The zero-order chi connectivity index (χ0) is 10.6. The molecule has 0 amide bonds. The van der Waals surface area contributed by atoms with Gasteiger partial charge in [-0.05, 0) is 17.5 Å². The van der Waals surface area contributed by atoms with Crippen molar-refractivity contribution in [1.29, 1.82) is 0 Å². The van der Waals surface area contributed by atoms with E-state index in [1.54, 1.807) is 7.11 Å². The highest BCUT2D eigenvalue weighted by molar-refractivity contribution is 7.11. The molecule has 0 spiro atoms. The first-order chi connectivity index (χ1) is 6.69. The molecule has 1 heterocycles. The van der Waals surface area contributed by atoms with E-state index in [2.05, 4.69) is 9.69 Å². The minimum absolute atomic E-state index is 0.156. The average molecular weight is 217 g/mol. The van der Waals surface area contributed by atoms with Crippen molar-refractivity contribution in [1.82, 2.24) is 4.37 Å². The number of methoxy groups -OCH3 is 1. The van der Waals surface area contributed by atoms with Gasteiger partial charge in [-0.25, -0.2) is 0 Å². The van der Waals surface area contributed by atoms with Crippen LogP contribution in [0.5, 0.6) is 5.75 Å². The van der Waals surface area contributed by atoms with Gasteiger partial charge in [0.2, 0.25) is 0 Å². The Morgan fingerprint density at radius 1 is 1.71 bits per heavy atom. The van der Waals surface area contributed by atoms with Gasteiger partial charge in [0.15, 0.2) is 16.6 Å². The molecule has 1 unspecified atom stereocenters. The smallest absolute Gasteiger partial charge is 0.197 e. The zero-order valence-electron chi connectivity index (χ0n) is 8.28. The van der Waals surface area contributed by atoms with Crippen LogP contribution in [0.4, 0.5) is 10.8 Å². The first-order valence-electron chi connectivity index (χ1n) is 4.32. The van der Waals surface area contributed by atoms with Crippen LogP contribution >= 0.6 is 11.5 Å². The van der Waals surface area contributed by atoms with E-state index in [0.29, 0.717) is 18.1 Å². The van der Waals surface area contributed by atoms with Gasteiger partial charge in [-0.3, -0.25) is 0 Å². The number of aliphatic hydroxyl groups is 1. The summed E-state index contributed by atoms with van der Waals surface area (Å²) in [4.78, 5) is 0. The second-order valence-electron chi connectivity index (χ2n) is 3.10. The maximum Gasteiger partial charge on any atom is 0.197 e. The van der Waals surface area contributed by atoms with E-state index >= 15 is 0 Å². The number of hydrogen-bond acceptors (Lipinski definition) is 6. The van der Waals surface area contributed by atoms with Gasteiger partial charge in [-0.2, -0.15) is 4.37 Å². The highest BCUT2D eigenvalue weighted by Crippen LogP contribution is 2.34. The summed E-state index contributed by atoms with van der Waals surface area (Å²) >= 11 is 1.26. The molecule has 0 aliphatic carbocycles. The van der Waals surface area contributed by atoms with Crippen molar-refractivity contribution in [3.63, 3.8) is 0 Å². The lowest BCUT2D eigenvalue weighted by atomic mass is 10.2. The van der Waals surface area contributed by atoms with Crippen molar-refractivity contribution in [2.24, 2.45) is 5.92 Å². The first-order valence-corrected chi connectivity index (χ1v) is 5.10. The van der Waals surface area contributed by atoms with Gasteiger partial charge in [0, 0.05) is 13.2 Å². The van der Waals surface area contributed by atoms with Crippen LogP contribution in [0.3, 0.4) is 0 Å². The Morgan fingerprint density at radius 2 is 2.43 bits per heavy atom. The molecule has 1 atom stereocenters.